The first-order chi connectivity index (χ1) is 13.1. The highest BCUT2D eigenvalue weighted by atomic mass is 35.5. The average Bonchev–Trinajstić information content (AvgIpc) is 2.59. The lowest BCUT2D eigenvalue weighted by molar-refractivity contribution is -0.140. The van der Waals surface area contributed by atoms with Gasteiger partial charge in [0.2, 0.25) is 11.8 Å². The topological polar surface area (TPSA) is 49.4 Å². The van der Waals surface area contributed by atoms with Crippen molar-refractivity contribution in [2.45, 2.75) is 59.2 Å². The van der Waals surface area contributed by atoms with Crippen LogP contribution in [0.4, 0.5) is 0 Å². The molecule has 0 spiro atoms. The van der Waals surface area contributed by atoms with Crippen LogP contribution < -0.4 is 5.32 Å². The molecule has 0 saturated carbocycles. The highest BCUT2D eigenvalue weighted by molar-refractivity contribution is 6.30. The number of aryl methyl sites for hydroxylation is 1. The molecule has 1 atom stereocenters. The summed E-state index contributed by atoms with van der Waals surface area (Å²) in [6.07, 6.45) is 0.250. The van der Waals surface area contributed by atoms with E-state index in [1.165, 1.54) is 0 Å². The minimum Gasteiger partial charge on any atom is -0.350 e. The number of nitrogens with one attached hydrogen (secondary N) is 1. The molecule has 2 aromatic rings. The van der Waals surface area contributed by atoms with Crippen molar-refractivity contribution < 1.29 is 9.59 Å². The largest absolute Gasteiger partial charge is 0.350 e. The lowest BCUT2D eigenvalue weighted by Crippen LogP contribution is -2.52. The number of nitrogens with zero attached hydrogens (tertiary/aromatic N) is 1. The van der Waals surface area contributed by atoms with Crippen LogP contribution in [0.5, 0.6) is 0 Å². The normalized spacial score (nSPS) is 12.4. The van der Waals surface area contributed by atoms with Gasteiger partial charge in [0.05, 0.1) is 6.42 Å². The van der Waals surface area contributed by atoms with Gasteiger partial charge in [-0.05, 0) is 63.4 Å². The van der Waals surface area contributed by atoms with Crippen LogP contribution in [0.25, 0.3) is 0 Å². The molecule has 2 amide bonds. The van der Waals surface area contributed by atoms with Crippen LogP contribution in [0.15, 0.2) is 48.5 Å². The van der Waals surface area contributed by atoms with Crippen molar-refractivity contribution in [3.05, 3.63) is 70.2 Å². The van der Waals surface area contributed by atoms with E-state index >= 15 is 0 Å². The fourth-order valence-electron chi connectivity index (χ4n) is 2.96. The molecule has 0 aliphatic heterocycles. The van der Waals surface area contributed by atoms with Gasteiger partial charge in [0.1, 0.15) is 6.04 Å². The van der Waals surface area contributed by atoms with E-state index in [9.17, 15) is 9.59 Å². The Bertz CT molecular complexity index is 842. The first-order valence-electron chi connectivity index (χ1n) is 9.47. The SMILES string of the molecule is Cc1ccccc1CC(=O)N(Cc1cccc(Cl)c1)C(C)C(=O)NC(C)(C)C. The summed E-state index contributed by atoms with van der Waals surface area (Å²) >= 11 is 6.10. The molecule has 1 N–H and O–H groups in total. The van der Waals surface area contributed by atoms with Crippen LogP contribution in [0.2, 0.25) is 5.02 Å². The zero-order valence-corrected chi connectivity index (χ0v) is 18.0. The van der Waals surface area contributed by atoms with Crippen LogP contribution in [-0.2, 0) is 22.6 Å². The molecule has 0 aliphatic rings. The molecular formula is C23H29ClN2O2. The number of rotatable bonds is 6. The Labute approximate surface area is 172 Å². The Hall–Kier alpha value is -2.33. The maximum Gasteiger partial charge on any atom is 0.242 e. The lowest BCUT2D eigenvalue weighted by Gasteiger charge is -2.31. The third-order valence-corrected chi connectivity index (χ3v) is 4.75. The standard InChI is InChI=1S/C23H29ClN2O2/c1-16-9-6-7-11-19(16)14-21(27)26(15-18-10-8-12-20(24)13-18)17(2)22(28)25-23(3,4)5/h6-13,17H,14-15H2,1-5H3,(H,25,28). The van der Waals surface area contributed by atoms with Crippen molar-refractivity contribution in [3.8, 4) is 0 Å². The van der Waals surface area contributed by atoms with Gasteiger partial charge in [0.15, 0.2) is 0 Å². The Balaban J connectivity index is 2.27. The summed E-state index contributed by atoms with van der Waals surface area (Å²) in [5.41, 5.74) is 2.55. The van der Waals surface area contributed by atoms with Crippen molar-refractivity contribution in [2.75, 3.05) is 0 Å². The molecule has 0 heterocycles. The van der Waals surface area contributed by atoms with E-state index < -0.39 is 6.04 Å². The summed E-state index contributed by atoms with van der Waals surface area (Å²) in [5.74, 6) is -0.265. The number of carbonyl (C=O) groups is 2. The van der Waals surface area contributed by atoms with Crippen molar-refractivity contribution in [1.29, 1.82) is 0 Å². The zero-order valence-electron chi connectivity index (χ0n) is 17.3. The van der Waals surface area contributed by atoms with Gasteiger partial charge in [-0.15, -0.1) is 0 Å². The van der Waals surface area contributed by atoms with Crippen LogP contribution in [-0.4, -0.2) is 28.3 Å². The highest BCUT2D eigenvalue weighted by Gasteiger charge is 2.28. The smallest absolute Gasteiger partial charge is 0.242 e. The second-order valence-corrected chi connectivity index (χ2v) is 8.61. The molecule has 2 aromatic carbocycles. The summed E-state index contributed by atoms with van der Waals surface area (Å²) in [5, 5.41) is 3.57. The quantitative estimate of drug-likeness (QED) is 0.774. The molecule has 4 nitrogen and oxygen atoms in total. The van der Waals surface area contributed by atoms with Gasteiger partial charge >= 0.3 is 0 Å². The van der Waals surface area contributed by atoms with Crippen LogP contribution in [0, 0.1) is 6.92 Å². The Morgan fingerprint density at radius 3 is 2.39 bits per heavy atom. The van der Waals surface area contributed by atoms with Gasteiger partial charge in [-0.25, -0.2) is 0 Å². The molecule has 0 aromatic heterocycles. The predicted octanol–water partition coefficient (Wildman–Crippen LogP) is 4.52. The van der Waals surface area contributed by atoms with Crippen LogP contribution >= 0.6 is 11.6 Å². The van der Waals surface area contributed by atoms with Gasteiger partial charge < -0.3 is 10.2 Å². The second kappa shape index (κ2) is 9.24. The van der Waals surface area contributed by atoms with E-state index in [0.29, 0.717) is 11.6 Å². The number of carbonyl (C=O) groups excluding carboxylic acids is 2. The van der Waals surface area contributed by atoms with Gasteiger partial charge in [-0.3, -0.25) is 9.59 Å². The fourth-order valence-corrected chi connectivity index (χ4v) is 3.17. The summed E-state index contributed by atoms with van der Waals surface area (Å²) < 4.78 is 0. The summed E-state index contributed by atoms with van der Waals surface area (Å²) in [6, 6.07) is 14.6. The van der Waals surface area contributed by atoms with Crippen molar-refractivity contribution >= 4 is 23.4 Å². The molecule has 28 heavy (non-hydrogen) atoms. The molecule has 0 radical (unpaired) electrons. The van der Waals surface area contributed by atoms with Gasteiger partial charge in [-0.2, -0.15) is 0 Å². The minimum absolute atomic E-state index is 0.0918. The van der Waals surface area contributed by atoms with Gasteiger partial charge in [-0.1, -0.05) is 48.0 Å². The predicted molar refractivity (Wildman–Crippen MR) is 114 cm³/mol. The van der Waals surface area contributed by atoms with E-state index in [1.54, 1.807) is 17.9 Å². The van der Waals surface area contributed by atoms with E-state index in [0.717, 1.165) is 16.7 Å². The van der Waals surface area contributed by atoms with Crippen LogP contribution in [0.1, 0.15) is 44.4 Å². The first kappa shape index (κ1) is 22.0. The van der Waals surface area contributed by atoms with E-state index in [-0.39, 0.29) is 23.8 Å². The number of hydrogen-bond donors (Lipinski definition) is 1. The van der Waals surface area contributed by atoms with Gasteiger partial charge in [0.25, 0.3) is 0 Å². The second-order valence-electron chi connectivity index (χ2n) is 8.17. The summed E-state index contributed by atoms with van der Waals surface area (Å²) in [4.78, 5) is 27.6. The maximum atomic E-state index is 13.2. The molecule has 1 unspecified atom stereocenters. The Morgan fingerprint density at radius 2 is 1.79 bits per heavy atom. The Morgan fingerprint density at radius 1 is 1.11 bits per heavy atom. The lowest BCUT2D eigenvalue weighted by atomic mass is 10.0. The zero-order chi connectivity index (χ0) is 20.9. The number of hydrogen-bond acceptors (Lipinski definition) is 2. The Kier molecular flexibility index (Phi) is 7.25. The maximum absolute atomic E-state index is 13.2. The minimum atomic E-state index is -0.602. The first-order valence-corrected chi connectivity index (χ1v) is 9.85. The number of benzene rings is 2. The molecule has 0 bridgehead atoms. The molecule has 0 aliphatic carbocycles. The monoisotopic (exact) mass is 400 g/mol. The van der Waals surface area contributed by atoms with Gasteiger partial charge in [0, 0.05) is 17.1 Å². The molecular weight excluding hydrogens is 372 g/mol. The number of halogens is 1. The molecule has 5 heteroatoms. The van der Waals surface area contributed by atoms with E-state index in [1.807, 2.05) is 70.2 Å². The van der Waals surface area contributed by atoms with Crippen molar-refractivity contribution in [3.63, 3.8) is 0 Å². The fraction of sp³-hybridized carbons (Fsp3) is 0.391. The summed E-state index contributed by atoms with van der Waals surface area (Å²) in [6.45, 7) is 9.85. The van der Waals surface area contributed by atoms with Crippen molar-refractivity contribution in [2.24, 2.45) is 0 Å². The molecule has 0 fully saturated rings. The summed E-state index contributed by atoms with van der Waals surface area (Å²) in [7, 11) is 0. The number of amides is 2. The van der Waals surface area contributed by atoms with Crippen molar-refractivity contribution in [1.82, 2.24) is 10.2 Å². The molecule has 0 saturated heterocycles. The van der Waals surface area contributed by atoms with E-state index in [4.69, 9.17) is 11.6 Å². The van der Waals surface area contributed by atoms with E-state index in [2.05, 4.69) is 5.32 Å². The highest BCUT2D eigenvalue weighted by Crippen LogP contribution is 2.17. The molecule has 150 valence electrons. The third kappa shape index (κ3) is 6.38. The average molecular weight is 401 g/mol. The third-order valence-electron chi connectivity index (χ3n) is 4.51. The van der Waals surface area contributed by atoms with Crippen LogP contribution in [0.3, 0.4) is 0 Å². The molecule has 2 rings (SSSR count).